The predicted octanol–water partition coefficient (Wildman–Crippen LogP) is 13.9. The number of hydrogen-bond acceptors (Lipinski definition) is 2. The Morgan fingerprint density at radius 1 is 0.778 bits per heavy atom. The van der Waals surface area contributed by atoms with Crippen LogP contribution >= 0.6 is 23.5 Å². The minimum Gasteiger partial charge on any atom is -0.333 e. The van der Waals surface area contributed by atoms with Crippen molar-refractivity contribution in [3.8, 4) is 0 Å². The van der Waals surface area contributed by atoms with Crippen LogP contribution < -0.4 is 0 Å². The van der Waals surface area contributed by atoms with E-state index in [1.807, 2.05) is 0 Å². The maximum atomic E-state index is 2.80. The van der Waals surface area contributed by atoms with E-state index in [-0.39, 0.29) is 0 Å². The number of benzene rings is 2. The van der Waals surface area contributed by atoms with Gasteiger partial charge in [0, 0.05) is 48.4 Å². The number of rotatable bonds is 4. The SMILES string of the molecule is CC1CC2C(C=C1c1ccc3c(c1)c1ccccc1n3C1C=CCCC1)SC1C=CC=C(C3CC=CCC3)C1C2C1C2=CC=CCC2SC2=C1CCC=C2. The lowest BCUT2D eigenvalue weighted by Crippen LogP contribution is -2.50. The van der Waals surface area contributed by atoms with Gasteiger partial charge in [-0.05, 0) is 134 Å². The molecule has 3 aromatic rings. The van der Waals surface area contributed by atoms with Crippen LogP contribution in [0.4, 0.5) is 0 Å². The van der Waals surface area contributed by atoms with E-state index in [4.69, 9.17) is 0 Å². The van der Waals surface area contributed by atoms with Gasteiger partial charge in [-0.15, -0.1) is 23.5 Å². The zero-order valence-electron chi connectivity index (χ0n) is 31.7. The summed E-state index contributed by atoms with van der Waals surface area (Å²) in [6.45, 7) is 2.57. The minimum absolute atomic E-state index is 0.444. The summed E-state index contributed by atoms with van der Waals surface area (Å²) >= 11 is 4.50. The fourth-order valence-corrected chi connectivity index (χ4v) is 15.4. The maximum Gasteiger partial charge on any atom is 0.0522 e. The summed E-state index contributed by atoms with van der Waals surface area (Å²) in [5, 5.41) is 4.47. The summed E-state index contributed by atoms with van der Waals surface area (Å²) in [7, 11) is 0. The lowest BCUT2D eigenvalue weighted by molar-refractivity contribution is 0.163. The van der Waals surface area contributed by atoms with Crippen molar-refractivity contribution in [2.24, 2.45) is 35.5 Å². The van der Waals surface area contributed by atoms with Crippen LogP contribution in [0, 0.1) is 35.5 Å². The van der Waals surface area contributed by atoms with E-state index in [0.29, 0.717) is 57.3 Å². The summed E-state index contributed by atoms with van der Waals surface area (Å²) in [5.74, 6) is 3.66. The van der Waals surface area contributed by atoms with Crippen molar-refractivity contribution in [3.63, 3.8) is 0 Å². The van der Waals surface area contributed by atoms with Gasteiger partial charge in [-0.25, -0.2) is 0 Å². The van der Waals surface area contributed by atoms with Crippen molar-refractivity contribution in [3.05, 3.63) is 149 Å². The van der Waals surface area contributed by atoms with Gasteiger partial charge in [-0.3, -0.25) is 0 Å². The third-order valence-electron chi connectivity index (χ3n) is 14.5. The molecule has 1 saturated heterocycles. The summed E-state index contributed by atoms with van der Waals surface area (Å²) in [5.41, 5.74) is 11.1. The minimum atomic E-state index is 0.444. The molecule has 0 saturated carbocycles. The molecule has 0 bridgehead atoms. The van der Waals surface area contributed by atoms with E-state index in [0.717, 1.165) is 0 Å². The van der Waals surface area contributed by atoms with Crippen molar-refractivity contribution >= 4 is 50.9 Å². The largest absolute Gasteiger partial charge is 0.333 e. The first-order chi connectivity index (χ1) is 26.7. The summed E-state index contributed by atoms with van der Waals surface area (Å²) in [4.78, 5) is 1.61. The molecule has 54 heavy (non-hydrogen) atoms. The molecule has 3 heterocycles. The molecule has 0 radical (unpaired) electrons. The average Bonchev–Trinajstić information content (AvgIpc) is 3.56. The molecule has 6 aliphatic carbocycles. The van der Waals surface area contributed by atoms with Gasteiger partial charge in [0.15, 0.2) is 0 Å². The lowest BCUT2D eigenvalue weighted by Gasteiger charge is -2.56. The van der Waals surface area contributed by atoms with Gasteiger partial charge in [-0.2, -0.15) is 0 Å². The van der Waals surface area contributed by atoms with Gasteiger partial charge < -0.3 is 4.57 Å². The van der Waals surface area contributed by atoms with Gasteiger partial charge in [-0.1, -0.05) is 116 Å². The lowest BCUT2D eigenvalue weighted by atomic mass is 9.57. The van der Waals surface area contributed by atoms with E-state index in [2.05, 4.69) is 156 Å². The monoisotopic (exact) mass is 743 g/mol. The van der Waals surface area contributed by atoms with Crippen molar-refractivity contribution in [1.29, 1.82) is 0 Å². The number of fused-ring (bicyclic) bond motifs is 6. The topological polar surface area (TPSA) is 4.93 Å². The van der Waals surface area contributed by atoms with Crippen molar-refractivity contribution < 1.29 is 0 Å². The Kier molecular flexibility index (Phi) is 8.76. The molecule has 0 N–H and O–H groups in total. The van der Waals surface area contributed by atoms with Gasteiger partial charge in [0.25, 0.3) is 0 Å². The fourth-order valence-electron chi connectivity index (χ4n) is 12.2. The third-order valence-corrected chi connectivity index (χ3v) is 17.5. The second-order valence-corrected chi connectivity index (χ2v) is 20.0. The van der Waals surface area contributed by atoms with Crippen LogP contribution in [0.25, 0.3) is 27.4 Å². The molecule has 11 rings (SSSR count). The summed E-state index contributed by atoms with van der Waals surface area (Å²) in [6, 6.07) is 17.1. The standard InChI is InChI=1S/C51H53NS2/c1-32-29-42-48(31-40(32)34-27-28-44-41(30-34)37-19-8-11-23-43(37)52(44)35-17-6-3-7-18-35)54-47-26-14-22-36(33-15-4-2-5-16-33)50(47)51(42)49-38-20-9-12-24-45(38)53-46-25-13-10-21-39(46)49/h2,4,6,8-9,11-14,17,19-20,22-23,25-28,30-33,35,42,45,47-51H,3,5,7,10,15-16,18,21,24,29H2,1H3. The average molecular weight is 744 g/mol. The zero-order valence-corrected chi connectivity index (χ0v) is 33.3. The Morgan fingerprint density at radius 3 is 2.61 bits per heavy atom. The van der Waals surface area contributed by atoms with Gasteiger partial charge in [0.2, 0.25) is 0 Å². The highest BCUT2D eigenvalue weighted by Crippen LogP contribution is 2.63. The van der Waals surface area contributed by atoms with Crippen LogP contribution in [-0.4, -0.2) is 20.3 Å². The van der Waals surface area contributed by atoms with Crippen LogP contribution in [-0.2, 0) is 0 Å². The first kappa shape index (κ1) is 33.9. The second kappa shape index (κ2) is 14.0. The van der Waals surface area contributed by atoms with E-state index in [9.17, 15) is 0 Å². The number of thioether (sulfide) groups is 2. The van der Waals surface area contributed by atoms with E-state index >= 15 is 0 Å². The molecule has 1 fully saturated rings. The molecule has 2 aromatic carbocycles. The first-order valence-corrected chi connectivity index (χ1v) is 23.1. The highest BCUT2D eigenvalue weighted by atomic mass is 32.2. The Hall–Kier alpha value is -3.40. The van der Waals surface area contributed by atoms with Crippen molar-refractivity contribution in [2.75, 3.05) is 0 Å². The summed E-state index contributed by atoms with van der Waals surface area (Å²) in [6.07, 6.45) is 45.0. The predicted molar refractivity (Wildman–Crippen MR) is 235 cm³/mol. The molecule has 10 atom stereocenters. The molecule has 274 valence electrons. The second-order valence-electron chi connectivity index (χ2n) is 17.4. The third kappa shape index (κ3) is 5.57. The molecular formula is C51H53NS2. The molecule has 10 unspecified atom stereocenters. The van der Waals surface area contributed by atoms with Crippen LogP contribution in [0.15, 0.2) is 143 Å². The molecule has 1 nitrogen and oxygen atoms in total. The Bertz CT molecular complexity index is 2280. The fraction of sp³-hybridized carbons (Fsp3) is 0.412. The zero-order chi connectivity index (χ0) is 35.8. The number of para-hydroxylation sites is 1. The van der Waals surface area contributed by atoms with Gasteiger partial charge >= 0.3 is 0 Å². The Labute approximate surface area is 330 Å². The molecule has 2 aliphatic heterocycles. The smallest absolute Gasteiger partial charge is 0.0522 e. The van der Waals surface area contributed by atoms with Crippen LogP contribution in [0.3, 0.4) is 0 Å². The Balaban J connectivity index is 1.03. The van der Waals surface area contributed by atoms with Crippen molar-refractivity contribution in [2.45, 2.75) is 92.9 Å². The van der Waals surface area contributed by atoms with Gasteiger partial charge in [0.05, 0.1) is 6.04 Å². The maximum absolute atomic E-state index is 2.80. The number of nitrogens with zero attached hydrogens (tertiary/aromatic N) is 1. The van der Waals surface area contributed by atoms with Gasteiger partial charge in [0.1, 0.15) is 0 Å². The van der Waals surface area contributed by atoms with Crippen LogP contribution in [0.5, 0.6) is 0 Å². The van der Waals surface area contributed by atoms with Crippen LogP contribution in [0.1, 0.15) is 82.7 Å². The van der Waals surface area contributed by atoms with E-state index < -0.39 is 0 Å². The normalized spacial score (nSPS) is 35.6. The van der Waals surface area contributed by atoms with E-state index in [1.165, 1.54) is 91.6 Å². The Morgan fingerprint density at radius 2 is 1.70 bits per heavy atom. The number of allylic oxidation sites excluding steroid dienone is 14. The number of aromatic nitrogens is 1. The summed E-state index contributed by atoms with van der Waals surface area (Å²) < 4.78 is 2.64. The van der Waals surface area contributed by atoms with Crippen LogP contribution in [0.2, 0.25) is 0 Å². The highest BCUT2D eigenvalue weighted by Gasteiger charge is 2.54. The molecule has 0 amide bonds. The van der Waals surface area contributed by atoms with Crippen molar-refractivity contribution in [1.82, 2.24) is 4.57 Å². The first-order valence-electron chi connectivity index (χ1n) is 21.2. The molecule has 3 heteroatoms. The molecular weight excluding hydrogens is 691 g/mol. The highest BCUT2D eigenvalue weighted by molar-refractivity contribution is 8.04. The molecule has 1 aromatic heterocycles. The number of hydrogen-bond donors (Lipinski definition) is 0. The quantitative estimate of drug-likeness (QED) is 0.245. The molecule has 8 aliphatic rings. The van der Waals surface area contributed by atoms with E-state index in [1.54, 1.807) is 27.2 Å². The molecule has 0 spiro atoms.